The van der Waals surface area contributed by atoms with Gasteiger partial charge in [0.2, 0.25) is 0 Å². The van der Waals surface area contributed by atoms with Crippen molar-refractivity contribution < 1.29 is 4.90 Å². The fourth-order valence-electron chi connectivity index (χ4n) is 3.53. The lowest BCUT2D eigenvalue weighted by atomic mass is 9.80. The van der Waals surface area contributed by atoms with Crippen LogP contribution in [0.15, 0.2) is 78.9 Å². The van der Waals surface area contributed by atoms with Crippen LogP contribution < -0.4 is 4.90 Å². The molecule has 0 unspecified atom stereocenters. The average molecular weight is 296 g/mol. The van der Waals surface area contributed by atoms with Crippen LogP contribution in [-0.4, -0.2) is 0 Å². The molecule has 0 saturated carbocycles. The van der Waals surface area contributed by atoms with Gasteiger partial charge in [-0.3, -0.25) is 0 Å². The van der Waals surface area contributed by atoms with Crippen molar-refractivity contribution in [3.8, 4) is 12.0 Å². The largest absolute Gasteiger partial charge is 0.193 e. The second-order valence-electron chi connectivity index (χ2n) is 5.77. The normalized spacial score (nSPS) is 18.3. The van der Waals surface area contributed by atoms with E-state index in [1.807, 2.05) is 6.92 Å². The minimum absolute atomic E-state index is 0.269. The fraction of sp³-hybridized carbons (Fsp3) is 0.0909. The third kappa shape index (κ3) is 2.25. The SMILES string of the molecule is CC#C[NH+]1c2ccccc2C(c2ccccc2)c2ccccc21. The highest BCUT2D eigenvalue weighted by Gasteiger charge is 2.34. The Bertz CT molecular complexity index is 852. The molecule has 3 aromatic rings. The Labute approximate surface area is 137 Å². The molecule has 0 bridgehead atoms. The molecule has 0 radical (unpaired) electrons. The van der Waals surface area contributed by atoms with Gasteiger partial charge in [0.15, 0.2) is 11.4 Å². The molecule has 1 nitrogen and oxygen atoms in total. The molecule has 4 rings (SSSR count). The van der Waals surface area contributed by atoms with Crippen LogP contribution in [-0.2, 0) is 0 Å². The summed E-state index contributed by atoms with van der Waals surface area (Å²) < 4.78 is 0. The molecular formula is C22H18N+. The minimum atomic E-state index is 0.269. The monoisotopic (exact) mass is 296 g/mol. The summed E-state index contributed by atoms with van der Waals surface area (Å²) in [7, 11) is 0. The van der Waals surface area contributed by atoms with E-state index < -0.39 is 0 Å². The Balaban J connectivity index is 2.02. The summed E-state index contributed by atoms with van der Waals surface area (Å²) in [5, 5.41) is 0. The lowest BCUT2D eigenvalue weighted by Crippen LogP contribution is -2.99. The maximum absolute atomic E-state index is 3.34. The zero-order valence-corrected chi connectivity index (χ0v) is 13.1. The highest BCUT2D eigenvalue weighted by Crippen LogP contribution is 2.40. The van der Waals surface area contributed by atoms with E-state index in [1.54, 1.807) is 0 Å². The van der Waals surface area contributed by atoms with Gasteiger partial charge < -0.3 is 0 Å². The van der Waals surface area contributed by atoms with Crippen molar-refractivity contribution in [3.63, 3.8) is 0 Å². The summed E-state index contributed by atoms with van der Waals surface area (Å²) in [5.74, 6) is 3.36. The third-order valence-corrected chi connectivity index (χ3v) is 4.47. The Hall–Kier alpha value is -2.82. The summed E-state index contributed by atoms with van der Waals surface area (Å²) in [4.78, 5) is 1.14. The average Bonchev–Trinajstić information content (AvgIpc) is 2.62. The van der Waals surface area contributed by atoms with Crippen LogP contribution in [0.3, 0.4) is 0 Å². The molecule has 0 aromatic heterocycles. The topological polar surface area (TPSA) is 4.44 Å². The number of para-hydroxylation sites is 2. The molecule has 0 aliphatic carbocycles. The number of quaternary nitrogens is 1. The first-order chi connectivity index (χ1) is 11.4. The van der Waals surface area contributed by atoms with Gasteiger partial charge >= 0.3 is 0 Å². The first-order valence-electron chi connectivity index (χ1n) is 7.93. The molecular weight excluding hydrogens is 278 g/mol. The standard InChI is InChI=1S/C22H17N/c1-2-16-23-20-14-8-6-12-18(20)22(17-10-4-3-5-11-17)19-13-7-9-15-21(19)23/h3-15,22H,1H3/p+1. The number of hydrogen-bond donors (Lipinski definition) is 1. The van der Waals surface area contributed by atoms with E-state index >= 15 is 0 Å². The quantitative estimate of drug-likeness (QED) is 0.647. The van der Waals surface area contributed by atoms with Crippen LogP contribution >= 0.6 is 0 Å². The number of fused-ring (bicyclic) bond motifs is 2. The number of benzene rings is 3. The van der Waals surface area contributed by atoms with Crippen LogP contribution in [0.25, 0.3) is 0 Å². The first kappa shape index (κ1) is 13.8. The third-order valence-electron chi connectivity index (χ3n) is 4.47. The van der Waals surface area contributed by atoms with E-state index in [2.05, 4.69) is 90.8 Å². The number of hydrogen-bond acceptors (Lipinski definition) is 0. The van der Waals surface area contributed by atoms with Crippen LogP contribution in [0.2, 0.25) is 0 Å². The van der Waals surface area contributed by atoms with Gasteiger partial charge in [0.05, 0.1) is 0 Å². The van der Waals surface area contributed by atoms with E-state index in [4.69, 9.17) is 0 Å². The molecule has 1 aliphatic heterocycles. The zero-order chi connectivity index (χ0) is 15.6. The summed E-state index contributed by atoms with van der Waals surface area (Å²) >= 11 is 0. The van der Waals surface area contributed by atoms with Gasteiger partial charge in [0, 0.05) is 36.1 Å². The predicted molar refractivity (Wildman–Crippen MR) is 94.0 cm³/mol. The van der Waals surface area contributed by atoms with Crippen LogP contribution in [0.1, 0.15) is 29.5 Å². The molecule has 0 amide bonds. The predicted octanol–water partition coefficient (Wildman–Crippen LogP) is 4.01. The van der Waals surface area contributed by atoms with Crippen LogP contribution in [0.5, 0.6) is 0 Å². The molecule has 0 spiro atoms. The Morgan fingerprint density at radius 3 is 1.78 bits per heavy atom. The second-order valence-corrected chi connectivity index (χ2v) is 5.77. The Kier molecular flexibility index (Phi) is 3.46. The maximum atomic E-state index is 3.34. The zero-order valence-electron chi connectivity index (χ0n) is 13.1. The van der Waals surface area contributed by atoms with Crippen molar-refractivity contribution in [2.45, 2.75) is 12.8 Å². The molecule has 1 heterocycles. The molecule has 0 fully saturated rings. The van der Waals surface area contributed by atoms with Crippen molar-refractivity contribution in [3.05, 3.63) is 95.6 Å². The van der Waals surface area contributed by atoms with Gasteiger partial charge in [0.25, 0.3) is 0 Å². The van der Waals surface area contributed by atoms with Crippen molar-refractivity contribution in [1.82, 2.24) is 0 Å². The molecule has 0 saturated heterocycles. The van der Waals surface area contributed by atoms with Gasteiger partial charge in [-0.2, -0.15) is 4.90 Å². The Morgan fingerprint density at radius 2 is 1.22 bits per heavy atom. The fourth-order valence-corrected chi connectivity index (χ4v) is 3.53. The van der Waals surface area contributed by atoms with Crippen molar-refractivity contribution in [1.29, 1.82) is 0 Å². The van der Waals surface area contributed by atoms with Crippen molar-refractivity contribution in [2.75, 3.05) is 0 Å². The molecule has 1 aliphatic rings. The van der Waals surface area contributed by atoms with Gasteiger partial charge in [-0.15, -0.1) is 0 Å². The van der Waals surface area contributed by atoms with E-state index in [0.29, 0.717) is 0 Å². The molecule has 1 N–H and O–H groups in total. The van der Waals surface area contributed by atoms with E-state index in [9.17, 15) is 0 Å². The molecule has 1 heteroatoms. The van der Waals surface area contributed by atoms with E-state index in [1.165, 1.54) is 28.1 Å². The van der Waals surface area contributed by atoms with Gasteiger partial charge in [-0.05, 0) is 11.5 Å². The van der Waals surface area contributed by atoms with Crippen LogP contribution in [0, 0.1) is 12.0 Å². The highest BCUT2D eigenvalue weighted by molar-refractivity contribution is 5.62. The lowest BCUT2D eigenvalue weighted by Gasteiger charge is -2.29. The second kappa shape index (κ2) is 5.76. The number of nitrogens with one attached hydrogen (secondary N) is 1. The van der Waals surface area contributed by atoms with Gasteiger partial charge in [-0.1, -0.05) is 66.7 Å². The summed E-state index contributed by atoms with van der Waals surface area (Å²) in [6, 6.07) is 31.4. The molecule has 110 valence electrons. The highest BCUT2D eigenvalue weighted by atomic mass is 15.1. The van der Waals surface area contributed by atoms with Gasteiger partial charge in [0.1, 0.15) is 6.04 Å². The van der Waals surface area contributed by atoms with E-state index in [-0.39, 0.29) is 5.92 Å². The lowest BCUT2D eigenvalue weighted by molar-refractivity contribution is -0.679. The summed E-state index contributed by atoms with van der Waals surface area (Å²) in [6.45, 7) is 1.90. The number of rotatable bonds is 1. The van der Waals surface area contributed by atoms with Crippen LogP contribution in [0.4, 0.5) is 11.4 Å². The van der Waals surface area contributed by atoms with E-state index in [0.717, 1.165) is 4.90 Å². The van der Waals surface area contributed by atoms with Crippen molar-refractivity contribution >= 4 is 11.4 Å². The summed E-state index contributed by atoms with van der Waals surface area (Å²) in [6.07, 6.45) is 0. The minimum Gasteiger partial charge on any atom is -0.193 e. The Morgan fingerprint density at radius 1 is 0.696 bits per heavy atom. The maximum Gasteiger partial charge on any atom is 0.153 e. The molecule has 23 heavy (non-hydrogen) atoms. The smallest absolute Gasteiger partial charge is 0.153 e. The van der Waals surface area contributed by atoms with Gasteiger partial charge in [-0.25, -0.2) is 0 Å². The molecule has 3 aromatic carbocycles. The first-order valence-corrected chi connectivity index (χ1v) is 7.93. The molecule has 0 atom stereocenters. The summed E-state index contributed by atoms with van der Waals surface area (Å²) in [5.41, 5.74) is 6.53. The van der Waals surface area contributed by atoms with Crippen molar-refractivity contribution in [2.24, 2.45) is 0 Å².